The number of carbonyl (C=O) groups is 2. The van der Waals surface area contributed by atoms with Crippen LogP contribution in [-0.2, 0) is 26.8 Å². The fraction of sp³-hybridized carbons (Fsp3) is 0.375. The second-order valence-corrected chi connectivity index (χ2v) is 11.2. The molecule has 0 saturated heterocycles. The average molecular weight is 503 g/mol. The van der Waals surface area contributed by atoms with Crippen LogP contribution in [0.4, 0.5) is 0 Å². The molecule has 0 spiro atoms. The highest BCUT2D eigenvalue weighted by atomic mass is 16.6. The van der Waals surface area contributed by atoms with Crippen LogP contribution in [-0.4, -0.2) is 25.2 Å². The summed E-state index contributed by atoms with van der Waals surface area (Å²) in [5, 5.41) is 0. The highest BCUT2D eigenvalue weighted by Crippen LogP contribution is 2.35. The number of hydrogen-bond donors (Lipinski definition) is 0. The van der Waals surface area contributed by atoms with Gasteiger partial charge in [0.15, 0.2) is 6.61 Å². The molecule has 0 N–H and O–H groups in total. The largest absolute Gasteiger partial charge is 0.482 e. The molecule has 3 aromatic carbocycles. The van der Waals surface area contributed by atoms with Gasteiger partial charge in [-0.3, -0.25) is 0 Å². The molecule has 0 atom stereocenters. The van der Waals surface area contributed by atoms with Crippen LogP contribution in [0.5, 0.6) is 11.5 Å². The maximum Gasteiger partial charge on any atom is 0.349 e. The summed E-state index contributed by atoms with van der Waals surface area (Å²) in [6, 6.07) is 22.6. The quantitative estimate of drug-likeness (QED) is 0.178. The standard InChI is InChI=1S/C32H38O5/c1-31(2,3)25-17-18-28(27(21-25)32(4,5)6)36-22-29(33)37-26-16-10-15-24(20-26)30(34)35-19-11-14-23-12-8-7-9-13-23/h7-10,12-13,15-18,20-21H,11,14,19,22H2,1-6H3. The predicted molar refractivity (Wildman–Crippen MR) is 146 cm³/mol. The van der Waals surface area contributed by atoms with E-state index in [9.17, 15) is 9.59 Å². The van der Waals surface area contributed by atoms with Gasteiger partial charge in [0.25, 0.3) is 0 Å². The smallest absolute Gasteiger partial charge is 0.349 e. The highest BCUT2D eigenvalue weighted by molar-refractivity contribution is 5.90. The summed E-state index contributed by atoms with van der Waals surface area (Å²) in [5.41, 5.74) is 3.62. The van der Waals surface area contributed by atoms with Gasteiger partial charge in [0.2, 0.25) is 0 Å². The van der Waals surface area contributed by atoms with E-state index in [1.54, 1.807) is 18.2 Å². The molecular formula is C32H38O5. The van der Waals surface area contributed by atoms with Crippen LogP contribution in [0.1, 0.15) is 75.0 Å². The molecule has 0 amide bonds. The molecule has 0 bridgehead atoms. The summed E-state index contributed by atoms with van der Waals surface area (Å²) in [6.07, 6.45) is 1.57. The Morgan fingerprint density at radius 2 is 1.51 bits per heavy atom. The Labute approximate surface area is 220 Å². The van der Waals surface area contributed by atoms with E-state index in [1.807, 2.05) is 42.5 Å². The van der Waals surface area contributed by atoms with Crippen LogP contribution >= 0.6 is 0 Å². The summed E-state index contributed by atoms with van der Waals surface area (Å²) in [6.45, 7) is 12.9. The second-order valence-electron chi connectivity index (χ2n) is 11.2. The molecular weight excluding hydrogens is 464 g/mol. The van der Waals surface area contributed by atoms with Crippen molar-refractivity contribution >= 4 is 11.9 Å². The van der Waals surface area contributed by atoms with Gasteiger partial charge in [-0.2, -0.15) is 0 Å². The lowest BCUT2D eigenvalue weighted by Crippen LogP contribution is -2.21. The van der Waals surface area contributed by atoms with Gasteiger partial charge in [0, 0.05) is 0 Å². The van der Waals surface area contributed by atoms with Crippen molar-refractivity contribution in [1.29, 1.82) is 0 Å². The van der Waals surface area contributed by atoms with Gasteiger partial charge in [-0.25, -0.2) is 9.59 Å². The third-order valence-corrected chi connectivity index (χ3v) is 5.99. The summed E-state index contributed by atoms with van der Waals surface area (Å²) in [5.74, 6) is -0.0687. The van der Waals surface area contributed by atoms with Gasteiger partial charge in [-0.05, 0) is 64.6 Å². The molecule has 0 aromatic heterocycles. The fourth-order valence-electron chi connectivity index (χ4n) is 3.86. The Bertz CT molecular complexity index is 1200. The first-order valence-corrected chi connectivity index (χ1v) is 12.7. The molecule has 0 aliphatic carbocycles. The van der Waals surface area contributed by atoms with E-state index < -0.39 is 11.9 Å². The third kappa shape index (κ3) is 8.49. The predicted octanol–water partition coefficient (Wildman–Crippen LogP) is 7.06. The monoisotopic (exact) mass is 502 g/mol. The maximum atomic E-state index is 12.5. The van der Waals surface area contributed by atoms with Crippen molar-refractivity contribution in [1.82, 2.24) is 0 Å². The minimum absolute atomic E-state index is 0.00548. The number of hydrogen-bond acceptors (Lipinski definition) is 5. The SMILES string of the molecule is CC(C)(C)c1ccc(OCC(=O)Oc2cccc(C(=O)OCCCc3ccccc3)c2)c(C(C)(C)C)c1. The number of aryl methyl sites for hydroxylation is 1. The zero-order chi connectivity index (χ0) is 27.1. The van der Waals surface area contributed by atoms with Crippen LogP contribution in [0.25, 0.3) is 0 Å². The lowest BCUT2D eigenvalue weighted by molar-refractivity contribution is -0.136. The average Bonchev–Trinajstić information content (AvgIpc) is 2.85. The Balaban J connectivity index is 1.55. The first kappa shape index (κ1) is 28.0. The summed E-state index contributed by atoms with van der Waals surface area (Å²) in [4.78, 5) is 25.0. The van der Waals surface area contributed by atoms with Gasteiger partial charge < -0.3 is 14.2 Å². The molecule has 0 unspecified atom stereocenters. The van der Waals surface area contributed by atoms with Crippen molar-refractivity contribution in [3.8, 4) is 11.5 Å². The Morgan fingerprint density at radius 3 is 2.19 bits per heavy atom. The summed E-state index contributed by atoms with van der Waals surface area (Å²) < 4.78 is 16.7. The van der Waals surface area contributed by atoms with Gasteiger partial charge in [0.05, 0.1) is 12.2 Å². The lowest BCUT2D eigenvalue weighted by atomic mass is 9.80. The molecule has 0 aliphatic heterocycles. The third-order valence-electron chi connectivity index (χ3n) is 5.99. The maximum absolute atomic E-state index is 12.5. The fourth-order valence-corrected chi connectivity index (χ4v) is 3.86. The molecule has 3 rings (SSSR count). The first-order chi connectivity index (χ1) is 17.4. The van der Waals surface area contributed by atoms with Gasteiger partial charge in [-0.15, -0.1) is 0 Å². The van der Waals surface area contributed by atoms with Crippen LogP contribution < -0.4 is 9.47 Å². The van der Waals surface area contributed by atoms with E-state index in [2.05, 4.69) is 47.6 Å². The molecule has 0 aliphatic rings. The normalized spacial score (nSPS) is 11.6. The van der Waals surface area contributed by atoms with Gasteiger partial charge in [-0.1, -0.05) is 90.1 Å². The van der Waals surface area contributed by atoms with Crippen LogP contribution in [0, 0.1) is 0 Å². The van der Waals surface area contributed by atoms with Crippen LogP contribution in [0.3, 0.4) is 0 Å². The van der Waals surface area contributed by atoms with Crippen molar-refractivity contribution < 1.29 is 23.8 Å². The second kappa shape index (κ2) is 12.1. The molecule has 3 aromatic rings. The topological polar surface area (TPSA) is 61.8 Å². The molecule has 37 heavy (non-hydrogen) atoms. The lowest BCUT2D eigenvalue weighted by Gasteiger charge is -2.27. The molecule has 0 heterocycles. The summed E-state index contributed by atoms with van der Waals surface area (Å²) >= 11 is 0. The van der Waals surface area contributed by atoms with Crippen molar-refractivity contribution in [3.05, 3.63) is 95.1 Å². The molecule has 0 radical (unpaired) electrons. The van der Waals surface area contributed by atoms with Crippen molar-refractivity contribution in [3.63, 3.8) is 0 Å². The summed E-state index contributed by atoms with van der Waals surface area (Å²) in [7, 11) is 0. The Hall–Kier alpha value is -3.60. The Morgan fingerprint density at radius 1 is 0.784 bits per heavy atom. The van der Waals surface area contributed by atoms with Crippen molar-refractivity contribution in [2.24, 2.45) is 0 Å². The van der Waals surface area contributed by atoms with Gasteiger partial charge in [0.1, 0.15) is 11.5 Å². The molecule has 0 saturated carbocycles. The number of ether oxygens (including phenoxy) is 3. The number of rotatable bonds is 9. The van der Waals surface area contributed by atoms with E-state index in [4.69, 9.17) is 14.2 Å². The van der Waals surface area contributed by atoms with Crippen LogP contribution in [0.2, 0.25) is 0 Å². The molecule has 0 fully saturated rings. The zero-order valence-electron chi connectivity index (χ0n) is 22.8. The van der Waals surface area contributed by atoms with Gasteiger partial charge >= 0.3 is 11.9 Å². The van der Waals surface area contributed by atoms with Crippen molar-refractivity contribution in [2.75, 3.05) is 13.2 Å². The van der Waals surface area contributed by atoms with Crippen molar-refractivity contribution in [2.45, 2.75) is 65.2 Å². The van der Waals surface area contributed by atoms with Crippen LogP contribution in [0.15, 0.2) is 72.8 Å². The van der Waals surface area contributed by atoms with E-state index in [1.165, 1.54) is 17.2 Å². The minimum atomic E-state index is -0.548. The minimum Gasteiger partial charge on any atom is -0.482 e. The zero-order valence-corrected chi connectivity index (χ0v) is 22.8. The van der Waals surface area contributed by atoms with E-state index in [-0.39, 0.29) is 23.2 Å². The number of esters is 2. The van der Waals surface area contributed by atoms with E-state index in [0.29, 0.717) is 17.9 Å². The number of benzene rings is 3. The van der Waals surface area contributed by atoms with E-state index in [0.717, 1.165) is 18.4 Å². The molecule has 5 heteroatoms. The highest BCUT2D eigenvalue weighted by Gasteiger charge is 2.23. The molecule has 196 valence electrons. The first-order valence-electron chi connectivity index (χ1n) is 12.7. The number of carbonyl (C=O) groups excluding carboxylic acids is 2. The Kier molecular flexibility index (Phi) is 9.14. The molecule has 5 nitrogen and oxygen atoms in total. The van der Waals surface area contributed by atoms with E-state index >= 15 is 0 Å².